The predicted molar refractivity (Wildman–Crippen MR) is 150 cm³/mol. The number of esters is 3. The molecule has 0 saturated heterocycles. The third-order valence-electron chi connectivity index (χ3n) is 8.96. The molecule has 0 amide bonds. The molecule has 9 nitrogen and oxygen atoms in total. The van der Waals surface area contributed by atoms with Gasteiger partial charge in [0.15, 0.2) is 0 Å². The fraction of sp³-hybridized carbons (Fsp3) is 0.897. The Morgan fingerprint density at radius 3 is 1.51 bits per heavy atom. The number of sulfonamides is 1. The van der Waals surface area contributed by atoms with Gasteiger partial charge < -0.3 is 14.2 Å². The summed E-state index contributed by atoms with van der Waals surface area (Å²) in [7, 11) is -5.49. The van der Waals surface area contributed by atoms with E-state index in [2.05, 4.69) is 0 Å². The average molecular weight is 682 g/mol. The third kappa shape index (κ3) is 9.71. The van der Waals surface area contributed by atoms with E-state index in [1.54, 1.807) is 34.6 Å². The first-order chi connectivity index (χ1) is 20.0. The van der Waals surface area contributed by atoms with E-state index in [1.807, 2.05) is 6.92 Å². The zero-order valence-corrected chi connectivity index (χ0v) is 27.8. The van der Waals surface area contributed by atoms with Crippen LogP contribution in [0.25, 0.3) is 0 Å². The first-order valence-corrected chi connectivity index (χ1v) is 16.3. The normalized spacial score (nSPS) is 26.9. The van der Waals surface area contributed by atoms with Crippen molar-refractivity contribution < 1.29 is 63.4 Å². The molecule has 0 spiro atoms. The second kappa shape index (κ2) is 12.8. The molecule has 45 heavy (non-hydrogen) atoms. The van der Waals surface area contributed by atoms with Crippen LogP contribution in [0.1, 0.15) is 107 Å². The highest BCUT2D eigenvalue weighted by atomic mass is 32.2. The van der Waals surface area contributed by atoms with Crippen molar-refractivity contribution in [3.05, 3.63) is 0 Å². The predicted octanol–water partition coefficient (Wildman–Crippen LogP) is 6.35. The van der Waals surface area contributed by atoms with Crippen LogP contribution in [0.5, 0.6) is 0 Å². The highest BCUT2D eigenvalue weighted by Crippen LogP contribution is 2.60. The minimum Gasteiger partial charge on any atom is -0.463 e. The number of halogens is 6. The van der Waals surface area contributed by atoms with Crippen molar-refractivity contribution in [2.24, 2.45) is 22.7 Å². The Bertz CT molecular complexity index is 1210. The minimum absolute atomic E-state index is 0.139. The first-order valence-electron chi connectivity index (χ1n) is 14.8. The molecule has 4 fully saturated rings. The molecule has 4 aliphatic carbocycles. The zero-order valence-electron chi connectivity index (χ0n) is 27.0. The average Bonchev–Trinajstić information content (AvgIpc) is 2.84. The van der Waals surface area contributed by atoms with E-state index in [0.29, 0.717) is 38.5 Å². The minimum atomic E-state index is -5.49. The quantitative estimate of drug-likeness (QED) is 0.161. The second-order valence-corrected chi connectivity index (χ2v) is 16.3. The number of ether oxygens (including phenoxy) is 3. The van der Waals surface area contributed by atoms with E-state index in [0.717, 1.165) is 6.42 Å². The molecule has 2 atom stereocenters. The van der Waals surface area contributed by atoms with Crippen molar-refractivity contribution in [2.75, 3.05) is 6.61 Å². The Labute approximate surface area is 260 Å². The van der Waals surface area contributed by atoms with E-state index >= 15 is 0 Å². The second-order valence-electron chi connectivity index (χ2n) is 14.6. The standard InChI is InChI=1S/C18H25F3O4.C11H20F3NO4S/c1-4-15(2,3)13(22)24-16-6-11-5-12(7-16)9-17(8-11,10-16)25-14(23)18(19,20)21;1-6-9(2,3)8(16)19-7-10(4,5)15-20(17,18)11(12,13)14/h11-12H,4-10H2,1-3H3;15H,6-7H2,1-5H3. The van der Waals surface area contributed by atoms with Crippen LogP contribution >= 0.6 is 0 Å². The maximum atomic E-state index is 12.7. The number of hydrogen-bond acceptors (Lipinski definition) is 8. The molecule has 0 radical (unpaired) electrons. The van der Waals surface area contributed by atoms with Crippen LogP contribution in [0.15, 0.2) is 0 Å². The molecule has 4 bridgehead atoms. The molecule has 4 rings (SSSR count). The van der Waals surface area contributed by atoms with Crippen LogP contribution in [0, 0.1) is 22.7 Å². The number of carbonyl (C=O) groups excluding carboxylic acids is 3. The summed E-state index contributed by atoms with van der Waals surface area (Å²) in [4.78, 5) is 35.7. The summed E-state index contributed by atoms with van der Waals surface area (Å²) < 4.78 is 114. The molecule has 0 aliphatic heterocycles. The number of nitrogens with one attached hydrogen (secondary N) is 1. The van der Waals surface area contributed by atoms with Gasteiger partial charge >= 0.3 is 39.6 Å². The number of carbonyl (C=O) groups is 3. The van der Waals surface area contributed by atoms with Crippen molar-refractivity contribution >= 4 is 27.9 Å². The fourth-order valence-electron chi connectivity index (χ4n) is 6.11. The Kier molecular flexibility index (Phi) is 11.1. The molecular formula is C29H45F6NO8S. The third-order valence-corrected chi connectivity index (χ3v) is 10.4. The lowest BCUT2D eigenvalue weighted by molar-refractivity contribution is -0.254. The van der Waals surface area contributed by atoms with Crippen LogP contribution in [-0.2, 0) is 38.6 Å². The Morgan fingerprint density at radius 2 is 1.13 bits per heavy atom. The number of rotatable bonds is 10. The van der Waals surface area contributed by atoms with Crippen molar-refractivity contribution in [3.63, 3.8) is 0 Å². The van der Waals surface area contributed by atoms with Gasteiger partial charge in [-0.2, -0.15) is 31.1 Å². The molecule has 0 aromatic heterocycles. The van der Waals surface area contributed by atoms with E-state index in [4.69, 9.17) is 14.2 Å². The van der Waals surface area contributed by atoms with Gasteiger partial charge in [-0.1, -0.05) is 13.8 Å². The Morgan fingerprint density at radius 1 is 0.733 bits per heavy atom. The maximum Gasteiger partial charge on any atom is 0.511 e. The van der Waals surface area contributed by atoms with Gasteiger partial charge in [0.2, 0.25) is 0 Å². The fourth-order valence-corrected chi connectivity index (χ4v) is 7.01. The summed E-state index contributed by atoms with van der Waals surface area (Å²) in [6.45, 7) is 12.4. The molecule has 0 aromatic rings. The Hall–Kier alpha value is -2.10. The smallest absolute Gasteiger partial charge is 0.463 e. The summed E-state index contributed by atoms with van der Waals surface area (Å²) >= 11 is 0. The van der Waals surface area contributed by atoms with Crippen LogP contribution in [0.2, 0.25) is 0 Å². The SMILES string of the molecule is CCC(C)(C)C(=O)OC12CC3CC(CC(OC(=O)C(F)(F)F)(C3)C1)C2.CCC(C)(C)C(=O)OCC(C)(C)NS(=O)(=O)C(F)(F)F. The lowest BCUT2D eigenvalue weighted by Gasteiger charge is -2.60. The molecule has 2 unspecified atom stereocenters. The van der Waals surface area contributed by atoms with Crippen molar-refractivity contribution in [3.8, 4) is 0 Å². The van der Waals surface area contributed by atoms with E-state index in [1.165, 1.54) is 18.6 Å². The largest absolute Gasteiger partial charge is 0.511 e. The van der Waals surface area contributed by atoms with Crippen molar-refractivity contribution in [2.45, 2.75) is 135 Å². The van der Waals surface area contributed by atoms with Gasteiger partial charge in [0.25, 0.3) is 0 Å². The van der Waals surface area contributed by atoms with E-state index in [-0.39, 0.29) is 24.2 Å². The molecule has 4 saturated carbocycles. The van der Waals surface area contributed by atoms with Gasteiger partial charge in [-0.3, -0.25) is 9.59 Å². The highest BCUT2D eigenvalue weighted by molar-refractivity contribution is 7.90. The molecule has 16 heteroatoms. The van der Waals surface area contributed by atoms with Gasteiger partial charge in [0.05, 0.1) is 16.4 Å². The van der Waals surface area contributed by atoms with Crippen LogP contribution in [-0.4, -0.2) is 61.4 Å². The molecule has 4 aliphatic rings. The molecule has 0 heterocycles. The van der Waals surface area contributed by atoms with Crippen molar-refractivity contribution in [1.29, 1.82) is 0 Å². The maximum absolute atomic E-state index is 12.7. The topological polar surface area (TPSA) is 125 Å². The lowest BCUT2D eigenvalue weighted by Crippen LogP contribution is -2.62. The zero-order chi connectivity index (χ0) is 35.1. The van der Waals surface area contributed by atoms with Gasteiger partial charge in [0, 0.05) is 6.42 Å². The number of alkyl halides is 6. The van der Waals surface area contributed by atoms with Crippen LogP contribution in [0.4, 0.5) is 26.3 Å². The summed E-state index contributed by atoms with van der Waals surface area (Å²) in [6.07, 6.45) is -0.646. The van der Waals surface area contributed by atoms with Gasteiger partial charge in [-0.25, -0.2) is 13.2 Å². The highest BCUT2D eigenvalue weighted by Gasteiger charge is 2.63. The summed E-state index contributed by atoms with van der Waals surface area (Å²) in [5.74, 6) is -2.78. The van der Waals surface area contributed by atoms with Gasteiger partial charge in [-0.05, 0) is 98.3 Å². The monoisotopic (exact) mass is 681 g/mol. The summed E-state index contributed by atoms with van der Waals surface area (Å²) in [5.41, 5.74) is -10.3. The molecule has 0 aromatic carbocycles. The Balaban J connectivity index is 0.000000324. The van der Waals surface area contributed by atoms with Crippen LogP contribution in [0.3, 0.4) is 0 Å². The number of hydrogen-bond donors (Lipinski definition) is 1. The van der Waals surface area contributed by atoms with Crippen molar-refractivity contribution in [1.82, 2.24) is 4.72 Å². The van der Waals surface area contributed by atoms with Crippen LogP contribution < -0.4 is 4.72 Å². The first kappa shape index (κ1) is 39.1. The van der Waals surface area contributed by atoms with Gasteiger partial charge in [-0.15, -0.1) is 0 Å². The summed E-state index contributed by atoms with van der Waals surface area (Å²) in [5, 5.41) is 0. The van der Waals surface area contributed by atoms with Gasteiger partial charge in [0.1, 0.15) is 17.8 Å². The van der Waals surface area contributed by atoms with E-state index < -0.39 is 67.8 Å². The van der Waals surface area contributed by atoms with E-state index in [9.17, 15) is 49.1 Å². The molecule has 1 N–H and O–H groups in total. The lowest BCUT2D eigenvalue weighted by atomic mass is 9.52. The molecule has 262 valence electrons. The summed E-state index contributed by atoms with van der Waals surface area (Å²) in [6, 6.07) is 0. The molecular weight excluding hydrogens is 636 g/mol.